The van der Waals surface area contributed by atoms with Crippen LogP contribution in [0.15, 0.2) is 147 Å². The average Bonchev–Trinajstić information content (AvgIpc) is 4.17. The van der Waals surface area contributed by atoms with Gasteiger partial charge >= 0.3 is 21.7 Å². The summed E-state index contributed by atoms with van der Waals surface area (Å²) in [4.78, 5) is 0. The minimum atomic E-state index is 0. The van der Waals surface area contributed by atoms with Crippen molar-refractivity contribution in [3.05, 3.63) is 147 Å². The van der Waals surface area contributed by atoms with Crippen LogP contribution in [0.25, 0.3) is 0 Å². The summed E-state index contributed by atoms with van der Waals surface area (Å²) in [5.41, 5.74) is 11.9. The fraction of sp³-hybridized carbons (Fsp3) is 0. The molecular weight excluding hydrogens is 860 g/mol. The van der Waals surface area contributed by atoms with Gasteiger partial charge in [-0.15, -0.1) is 67.1 Å². The fourth-order valence-electron chi connectivity index (χ4n) is 7.14. The predicted molar refractivity (Wildman–Crippen MR) is 242 cm³/mol. The molecule has 0 amide bonds. The number of aromatic amines is 12. The second-order valence-electron chi connectivity index (χ2n) is 13.9. The van der Waals surface area contributed by atoms with Gasteiger partial charge in [-0.2, -0.15) is 61.2 Å². The molecule has 0 bridgehead atoms. The van der Waals surface area contributed by atoms with Gasteiger partial charge in [-0.05, 0) is 0 Å². The zero-order valence-electron chi connectivity index (χ0n) is 34.0. The van der Waals surface area contributed by atoms with Crippen molar-refractivity contribution in [1.82, 2.24) is 122 Å². The smallest absolute Gasteiger partial charge is 0.324 e. The summed E-state index contributed by atoms with van der Waals surface area (Å²) in [5, 5.41) is 83.2. The largest absolute Gasteiger partial charge is 4.00 e. The van der Waals surface area contributed by atoms with Crippen LogP contribution >= 0.6 is 0 Å². The molecule has 0 aliphatic rings. The molecule has 12 aromatic rings. The summed E-state index contributed by atoms with van der Waals surface area (Å²) in [6.45, 7) is 0.139. The van der Waals surface area contributed by atoms with Gasteiger partial charge in [-0.1, -0.05) is 72.8 Å². The van der Waals surface area contributed by atoms with Crippen LogP contribution in [0.5, 0.6) is 0 Å². The first-order chi connectivity index (χ1) is 31.8. The third-order valence-corrected chi connectivity index (χ3v) is 10.00. The quantitative estimate of drug-likeness (QED) is 0.0510. The average molecular weight is 896 g/mol. The van der Waals surface area contributed by atoms with Crippen molar-refractivity contribution in [2.24, 2.45) is 0 Å². The molecule has 0 unspecified atom stereocenters. The SMILES string of the molecule is [Ti+4].c1cc([B-](c2ccn[nH]2)c2ccn[nH]2)[nH]n1.c1cc([B-](c2ccn[nH]2)c2ccn[nH]2)[nH]n1.c1cc([B-](c2ccn[nH]2)c2ccn[nH]2)[nH]n1.c1cc([B-](c2ccn[nH]2)c2ccn[nH]2)[nH]n1. The fourth-order valence-corrected chi connectivity index (χ4v) is 7.14. The van der Waals surface area contributed by atoms with Crippen LogP contribution in [0.4, 0.5) is 0 Å². The van der Waals surface area contributed by atoms with Crippen molar-refractivity contribution in [2.45, 2.75) is 0 Å². The molecule has 0 saturated heterocycles. The Morgan fingerprint density at radius 3 is 0.338 bits per heavy atom. The molecule has 12 aromatic heterocycles. The Morgan fingerprint density at radius 2 is 0.277 bits per heavy atom. The molecule has 0 aromatic carbocycles. The number of H-pyrrole nitrogens is 12. The van der Waals surface area contributed by atoms with E-state index >= 15 is 0 Å². The van der Waals surface area contributed by atoms with Crippen LogP contribution in [0.3, 0.4) is 0 Å². The molecule has 12 N–H and O–H groups in total. The molecule has 0 aliphatic carbocycles. The Labute approximate surface area is 383 Å². The summed E-state index contributed by atoms with van der Waals surface area (Å²) >= 11 is 0. The first-order valence-corrected chi connectivity index (χ1v) is 19.7. The van der Waals surface area contributed by atoms with Gasteiger partial charge in [-0.25, -0.2) is 0 Å². The summed E-state index contributed by atoms with van der Waals surface area (Å²) < 4.78 is 0. The van der Waals surface area contributed by atoms with Crippen molar-refractivity contribution in [1.29, 1.82) is 0 Å². The summed E-state index contributed by atoms with van der Waals surface area (Å²) in [7, 11) is 0. The van der Waals surface area contributed by atoms with E-state index in [4.69, 9.17) is 0 Å². The normalized spacial score (nSPS) is 10.9. The van der Waals surface area contributed by atoms with Gasteiger partial charge in [0, 0.05) is 101 Å². The Bertz CT molecular complexity index is 2200. The van der Waals surface area contributed by atoms with E-state index in [1.54, 1.807) is 74.4 Å². The van der Waals surface area contributed by atoms with Crippen molar-refractivity contribution < 1.29 is 21.7 Å². The molecule has 0 atom stereocenters. The number of aromatic nitrogens is 24. The number of nitrogens with one attached hydrogen (secondary N) is 12. The molecule has 0 fully saturated rings. The molecule has 316 valence electrons. The predicted octanol–water partition coefficient (Wildman–Crippen LogP) is -6.51. The second kappa shape index (κ2) is 21.5. The Kier molecular flexibility index (Phi) is 14.3. The van der Waals surface area contributed by atoms with Gasteiger partial charge in [0.05, 0.1) is 0 Å². The molecule has 12 rings (SSSR count). The Balaban J connectivity index is 0.000000118. The first kappa shape index (κ1) is 43.2. The van der Waals surface area contributed by atoms with Crippen LogP contribution in [-0.4, -0.2) is 149 Å². The van der Waals surface area contributed by atoms with Crippen LogP contribution in [-0.2, 0) is 21.7 Å². The monoisotopic (exact) mass is 896 g/mol. The van der Waals surface area contributed by atoms with E-state index in [1.807, 2.05) is 72.8 Å². The van der Waals surface area contributed by atoms with Crippen LogP contribution in [0.2, 0.25) is 0 Å². The molecule has 12 heterocycles. The van der Waals surface area contributed by atoms with Gasteiger partial charge in [0.1, 0.15) is 0 Å². The third kappa shape index (κ3) is 10.4. The van der Waals surface area contributed by atoms with E-state index in [1.165, 1.54) is 0 Å². The maximum absolute atomic E-state index is 3.97. The van der Waals surface area contributed by atoms with E-state index < -0.39 is 0 Å². The summed E-state index contributed by atoms with van der Waals surface area (Å²) in [6, 6.07) is 23.2. The summed E-state index contributed by atoms with van der Waals surface area (Å²) in [6.07, 6.45) is 20.8. The van der Waals surface area contributed by atoms with Gasteiger partial charge in [0.25, 0.3) is 0 Å². The topological polar surface area (TPSA) is 344 Å². The minimum Gasteiger partial charge on any atom is -0.324 e. The molecule has 29 heteroatoms. The molecule has 0 aliphatic heterocycles. The van der Waals surface area contributed by atoms with Crippen molar-refractivity contribution in [3.8, 4) is 0 Å². The number of hydrogen-bond donors (Lipinski definition) is 12. The van der Waals surface area contributed by atoms with E-state index in [2.05, 4.69) is 122 Å². The van der Waals surface area contributed by atoms with Crippen molar-refractivity contribution in [2.75, 3.05) is 0 Å². The molecule has 0 spiro atoms. The molecular formula is C36H36B4N24Ti. The standard InChI is InChI=1S/4C9H9BN6.Ti/c4*1-4-11-14-7(1)10(8-2-5-12-15-8)9-3-6-13-16-9;/h4*1-6H,(H,11,14)(H,12,15)(H,13,16);/q4*-1;+4. The second-order valence-corrected chi connectivity index (χ2v) is 13.9. The maximum atomic E-state index is 3.97. The first-order valence-electron chi connectivity index (χ1n) is 19.7. The molecule has 24 nitrogen and oxygen atoms in total. The van der Waals surface area contributed by atoms with Gasteiger partial charge in [0.2, 0.25) is 0 Å². The zero-order chi connectivity index (χ0) is 43.2. The van der Waals surface area contributed by atoms with E-state index in [-0.39, 0.29) is 48.6 Å². The Morgan fingerprint density at radius 1 is 0.185 bits per heavy atom. The van der Waals surface area contributed by atoms with Gasteiger partial charge in [0.15, 0.2) is 0 Å². The van der Waals surface area contributed by atoms with Crippen LogP contribution in [0.1, 0.15) is 0 Å². The summed E-state index contributed by atoms with van der Waals surface area (Å²) in [5.74, 6) is 0. The van der Waals surface area contributed by atoms with Crippen molar-refractivity contribution in [3.63, 3.8) is 0 Å². The Hall–Kier alpha value is -8.51. The zero-order valence-corrected chi connectivity index (χ0v) is 35.6. The van der Waals surface area contributed by atoms with Crippen molar-refractivity contribution >= 4 is 94.0 Å². The number of nitrogens with zero attached hydrogens (tertiary/aromatic N) is 12. The minimum absolute atomic E-state index is 0. The number of rotatable bonds is 12. The van der Waals surface area contributed by atoms with Crippen LogP contribution < -0.4 is 67.1 Å². The van der Waals surface area contributed by atoms with Gasteiger partial charge in [-0.3, -0.25) is 0 Å². The van der Waals surface area contributed by atoms with E-state index in [0.29, 0.717) is 0 Å². The molecule has 4 radical (unpaired) electrons. The molecule has 65 heavy (non-hydrogen) atoms. The maximum Gasteiger partial charge on any atom is 4.00 e. The van der Waals surface area contributed by atoms with Gasteiger partial charge < -0.3 is 61.2 Å². The molecule has 0 saturated carbocycles. The third-order valence-electron chi connectivity index (χ3n) is 10.00. The van der Waals surface area contributed by atoms with E-state index in [0.717, 1.165) is 67.1 Å². The van der Waals surface area contributed by atoms with Crippen LogP contribution in [0, 0.1) is 0 Å². The number of hydrogen-bond acceptors (Lipinski definition) is 12. The van der Waals surface area contributed by atoms with E-state index in [9.17, 15) is 0 Å².